The van der Waals surface area contributed by atoms with Crippen LogP contribution >= 0.6 is 9.24 Å². The summed E-state index contributed by atoms with van der Waals surface area (Å²) in [7, 11) is 2.69. The molecule has 2 amide bonds. The molecule has 2 fully saturated rings. The first-order chi connectivity index (χ1) is 14.5. The number of primary amides is 1. The molecule has 2 aromatic rings. The zero-order valence-corrected chi connectivity index (χ0v) is 18.0. The minimum Gasteiger partial charge on any atom is -0.364 e. The number of hydrogen-bond acceptors (Lipinski definition) is 7. The van der Waals surface area contributed by atoms with Crippen LogP contribution in [0.3, 0.4) is 0 Å². The topological polar surface area (TPSA) is 115 Å². The summed E-state index contributed by atoms with van der Waals surface area (Å²) in [6.07, 6.45) is 7.24. The number of nitrogens with zero attached hydrogens (tertiary/aromatic N) is 5. The largest absolute Gasteiger partial charge is 0.364 e. The van der Waals surface area contributed by atoms with Crippen molar-refractivity contribution >= 4 is 32.3 Å². The van der Waals surface area contributed by atoms with Gasteiger partial charge in [0.2, 0.25) is 11.9 Å². The average Bonchev–Trinajstić information content (AvgIpc) is 3.25. The van der Waals surface area contributed by atoms with Crippen molar-refractivity contribution in [2.75, 3.05) is 24.6 Å². The lowest BCUT2D eigenvalue weighted by atomic mass is 9.94. The number of nitrogens with two attached hydrogens (primary N) is 1. The van der Waals surface area contributed by atoms with Gasteiger partial charge >= 0.3 is 0 Å². The van der Waals surface area contributed by atoms with Gasteiger partial charge in [-0.25, -0.2) is 15.0 Å². The van der Waals surface area contributed by atoms with E-state index in [1.54, 1.807) is 11.3 Å². The lowest BCUT2D eigenvalue weighted by Gasteiger charge is -2.34. The summed E-state index contributed by atoms with van der Waals surface area (Å²) in [5, 5.41) is 2.58. The Balaban J connectivity index is 1.43. The maximum absolute atomic E-state index is 13.2. The Hall–Kier alpha value is -2.64. The number of anilines is 1. The summed E-state index contributed by atoms with van der Waals surface area (Å²) < 4.78 is 0. The predicted octanol–water partition coefficient (Wildman–Crippen LogP) is 0.901. The molecule has 0 spiro atoms. The maximum Gasteiger partial charge on any atom is 0.267 e. The van der Waals surface area contributed by atoms with E-state index in [1.807, 2.05) is 18.0 Å². The molecule has 1 unspecified atom stereocenters. The Labute approximate surface area is 177 Å². The number of amides is 2. The monoisotopic (exact) mass is 428 g/mol. The molecule has 0 bridgehead atoms. The third-order valence-electron chi connectivity index (χ3n) is 5.80. The van der Waals surface area contributed by atoms with Crippen LogP contribution in [0.2, 0.25) is 0 Å². The molecule has 2 aromatic heterocycles. The van der Waals surface area contributed by atoms with Crippen LogP contribution in [0.1, 0.15) is 46.9 Å². The minimum atomic E-state index is -0.583. The number of piperidine rings is 1. The summed E-state index contributed by atoms with van der Waals surface area (Å²) in [6.45, 7) is 3.81. The Bertz CT molecular complexity index is 963. The highest BCUT2D eigenvalue weighted by atomic mass is 31.0. The highest BCUT2D eigenvalue weighted by Crippen LogP contribution is 2.34. The second-order valence-electron chi connectivity index (χ2n) is 7.61. The van der Waals surface area contributed by atoms with Crippen LogP contribution in [-0.4, -0.2) is 51.5 Å². The maximum atomic E-state index is 13.2. The molecule has 0 saturated carbocycles. The fourth-order valence-electron chi connectivity index (χ4n) is 4.01. The normalized spacial score (nSPS) is 19.9. The van der Waals surface area contributed by atoms with E-state index >= 15 is 0 Å². The second kappa shape index (κ2) is 8.62. The van der Waals surface area contributed by atoms with Gasteiger partial charge in [-0.05, 0) is 42.3 Å². The van der Waals surface area contributed by atoms with E-state index in [0.717, 1.165) is 22.9 Å². The van der Waals surface area contributed by atoms with Gasteiger partial charge < -0.3 is 10.6 Å². The van der Waals surface area contributed by atoms with Crippen molar-refractivity contribution in [1.82, 2.24) is 20.0 Å². The quantitative estimate of drug-likeness (QED) is 0.720. The first kappa shape index (κ1) is 20.6. The zero-order valence-electron chi connectivity index (χ0n) is 16.8. The van der Waals surface area contributed by atoms with Crippen LogP contribution in [0, 0.1) is 12.8 Å². The molecule has 2 aliphatic rings. The van der Waals surface area contributed by atoms with Crippen molar-refractivity contribution in [3.8, 4) is 0 Å². The van der Waals surface area contributed by atoms with Crippen molar-refractivity contribution in [2.24, 2.45) is 11.7 Å². The van der Waals surface area contributed by atoms with E-state index in [9.17, 15) is 9.59 Å². The molecule has 4 rings (SSSR count). The van der Waals surface area contributed by atoms with Crippen LogP contribution in [0.4, 0.5) is 5.95 Å². The molecule has 4 heterocycles. The fourth-order valence-corrected chi connectivity index (χ4v) is 4.26. The molecule has 10 heteroatoms. The summed E-state index contributed by atoms with van der Waals surface area (Å²) >= 11 is 0. The zero-order chi connectivity index (χ0) is 21.3. The first-order valence-corrected chi connectivity index (χ1v) is 10.6. The van der Waals surface area contributed by atoms with Gasteiger partial charge in [0, 0.05) is 44.0 Å². The van der Waals surface area contributed by atoms with Crippen LogP contribution in [0.5, 0.6) is 0 Å². The van der Waals surface area contributed by atoms with Crippen molar-refractivity contribution in [1.29, 1.82) is 0 Å². The van der Waals surface area contributed by atoms with Crippen molar-refractivity contribution in [3.05, 3.63) is 41.5 Å². The van der Waals surface area contributed by atoms with Gasteiger partial charge in [-0.3, -0.25) is 19.4 Å². The number of hydrogen-bond donors (Lipinski definition) is 1. The lowest BCUT2D eigenvalue weighted by Crippen LogP contribution is -2.42. The van der Waals surface area contributed by atoms with Crippen molar-refractivity contribution in [3.63, 3.8) is 0 Å². The third kappa shape index (κ3) is 4.00. The Morgan fingerprint density at radius 3 is 2.73 bits per heavy atom. The highest BCUT2D eigenvalue weighted by molar-refractivity contribution is 7.27. The molecular formula is C20H25N6O3P. The van der Waals surface area contributed by atoms with Gasteiger partial charge in [0.25, 0.3) is 5.91 Å². The molecule has 0 aliphatic carbocycles. The molecule has 2 N–H and O–H groups in total. The molecule has 0 radical (unpaired) electrons. The third-order valence-corrected chi connectivity index (χ3v) is 6.38. The van der Waals surface area contributed by atoms with E-state index in [1.165, 1.54) is 12.3 Å². The fraction of sp³-hybridized carbons (Fsp3) is 0.450. The summed E-state index contributed by atoms with van der Waals surface area (Å²) in [5.74, 6) is -0.238. The first-order valence-electron chi connectivity index (χ1n) is 9.99. The number of hydroxylamine groups is 2. The van der Waals surface area contributed by atoms with Crippen molar-refractivity contribution < 1.29 is 14.4 Å². The average molecular weight is 428 g/mol. The van der Waals surface area contributed by atoms with Crippen molar-refractivity contribution in [2.45, 2.75) is 32.2 Å². The van der Waals surface area contributed by atoms with Gasteiger partial charge in [0.05, 0.1) is 12.6 Å². The Morgan fingerprint density at radius 1 is 1.23 bits per heavy atom. The van der Waals surface area contributed by atoms with Gasteiger partial charge in [-0.2, -0.15) is 0 Å². The Kier molecular flexibility index (Phi) is 5.92. The van der Waals surface area contributed by atoms with E-state index in [0.29, 0.717) is 38.5 Å². The SMILES string of the molecule is Cc1c(P)cncc1[C@@H]1CCON1C(=O)C1CCN(c2nccc(C(N)=O)n2)CC1. The standard InChI is InChI=1S/C20H25N6O3P/c1-12-14(10-22-11-17(12)30)16-5-9-29-26(16)19(28)13-3-7-25(8-4-13)20-23-6-2-15(24-20)18(21)27/h2,6,10-11,13,16H,3-5,7-9,30H2,1H3,(H2,21,27)/t16-/m0/s1. The second-order valence-corrected chi connectivity index (χ2v) is 8.23. The summed E-state index contributed by atoms with van der Waals surface area (Å²) in [5.41, 5.74) is 7.64. The smallest absolute Gasteiger partial charge is 0.267 e. The van der Waals surface area contributed by atoms with Crippen LogP contribution < -0.4 is 15.9 Å². The van der Waals surface area contributed by atoms with E-state index in [2.05, 4.69) is 24.2 Å². The molecule has 158 valence electrons. The van der Waals surface area contributed by atoms with Gasteiger partial charge in [-0.1, -0.05) is 0 Å². The number of carbonyl (C=O) groups is 2. The molecule has 30 heavy (non-hydrogen) atoms. The lowest BCUT2D eigenvalue weighted by molar-refractivity contribution is -0.182. The van der Waals surface area contributed by atoms with E-state index in [-0.39, 0.29) is 23.6 Å². The number of rotatable bonds is 4. The van der Waals surface area contributed by atoms with Gasteiger partial charge in [-0.15, -0.1) is 9.24 Å². The molecule has 0 aromatic carbocycles. The highest BCUT2D eigenvalue weighted by Gasteiger charge is 2.38. The van der Waals surface area contributed by atoms with Crippen LogP contribution in [0.25, 0.3) is 0 Å². The molecule has 9 nitrogen and oxygen atoms in total. The Morgan fingerprint density at radius 2 is 2.00 bits per heavy atom. The molecular weight excluding hydrogens is 403 g/mol. The number of aromatic nitrogens is 3. The molecule has 2 aliphatic heterocycles. The van der Waals surface area contributed by atoms with E-state index in [4.69, 9.17) is 10.6 Å². The van der Waals surface area contributed by atoms with Gasteiger partial charge in [0.1, 0.15) is 5.69 Å². The van der Waals surface area contributed by atoms with Crippen LogP contribution in [0.15, 0.2) is 24.7 Å². The molecule has 2 saturated heterocycles. The number of carbonyl (C=O) groups excluding carboxylic acids is 2. The summed E-state index contributed by atoms with van der Waals surface area (Å²) in [4.78, 5) is 45.1. The predicted molar refractivity (Wildman–Crippen MR) is 114 cm³/mol. The molecule has 2 atom stereocenters. The van der Waals surface area contributed by atoms with Gasteiger partial charge in [0.15, 0.2) is 0 Å². The number of pyridine rings is 1. The minimum absolute atomic E-state index is 0.0116. The summed E-state index contributed by atoms with van der Waals surface area (Å²) in [6, 6.07) is 1.38. The van der Waals surface area contributed by atoms with Crippen LogP contribution in [-0.2, 0) is 9.63 Å². The van der Waals surface area contributed by atoms with E-state index < -0.39 is 5.91 Å².